The zero-order valence-electron chi connectivity index (χ0n) is 17.3. The van der Waals surface area contributed by atoms with Gasteiger partial charge in [-0.05, 0) is 57.4 Å². The van der Waals surface area contributed by atoms with E-state index in [1.165, 1.54) is 0 Å². The summed E-state index contributed by atoms with van der Waals surface area (Å²) in [7, 11) is -3.13. The third kappa shape index (κ3) is 5.66. The van der Waals surface area contributed by atoms with Gasteiger partial charge in [-0.25, -0.2) is 13.2 Å². The normalized spacial score (nSPS) is 21.4. The predicted molar refractivity (Wildman–Crippen MR) is 113 cm³/mol. The van der Waals surface area contributed by atoms with Gasteiger partial charge in [0, 0.05) is 17.1 Å². The molecule has 9 heteroatoms. The lowest BCUT2D eigenvalue weighted by Crippen LogP contribution is -2.49. The number of carbonyl (C=O) groups is 2. The van der Waals surface area contributed by atoms with Gasteiger partial charge in [-0.15, -0.1) is 0 Å². The van der Waals surface area contributed by atoms with Gasteiger partial charge in [0.2, 0.25) is 0 Å². The molecule has 0 radical (unpaired) electrons. The summed E-state index contributed by atoms with van der Waals surface area (Å²) in [6.07, 6.45) is 4.15. The highest BCUT2D eigenvalue weighted by molar-refractivity contribution is 7.91. The van der Waals surface area contributed by atoms with E-state index in [0.29, 0.717) is 17.2 Å². The van der Waals surface area contributed by atoms with Crippen LogP contribution in [0, 0.1) is 0 Å². The second-order valence-electron chi connectivity index (χ2n) is 8.44. The first-order valence-corrected chi connectivity index (χ1v) is 12.4. The van der Waals surface area contributed by atoms with Crippen molar-refractivity contribution in [2.24, 2.45) is 0 Å². The van der Waals surface area contributed by atoms with Gasteiger partial charge in [-0.2, -0.15) is 0 Å². The first-order chi connectivity index (χ1) is 14.1. The van der Waals surface area contributed by atoms with Crippen molar-refractivity contribution in [3.8, 4) is 5.75 Å². The van der Waals surface area contributed by atoms with Crippen molar-refractivity contribution in [1.82, 2.24) is 4.90 Å². The second-order valence-corrected chi connectivity index (χ2v) is 11.1. The summed E-state index contributed by atoms with van der Waals surface area (Å²) in [5.74, 6) is -0.489. The molecule has 1 amide bonds. The molecule has 1 aromatic carbocycles. The molecule has 0 N–H and O–H groups in total. The van der Waals surface area contributed by atoms with E-state index >= 15 is 0 Å². The number of esters is 1. The number of benzene rings is 1. The Bertz CT molecular complexity index is 877. The molecule has 2 fully saturated rings. The molecule has 1 saturated heterocycles. The molecular weight excluding hydrogens is 430 g/mol. The van der Waals surface area contributed by atoms with Gasteiger partial charge in [-0.1, -0.05) is 24.4 Å². The maximum Gasteiger partial charge on any atom is 0.350 e. The van der Waals surface area contributed by atoms with Crippen LogP contribution in [0.3, 0.4) is 0 Å². The lowest BCUT2D eigenvalue weighted by molar-refractivity contribution is -0.165. The lowest BCUT2D eigenvalue weighted by Gasteiger charge is -2.34. The lowest BCUT2D eigenvalue weighted by atomic mass is 10.1. The summed E-state index contributed by atoms with van der Waals surface area (Å²) < 4.78 is 34.8. The van der Waals surface area contributed by atoms with E-state index in [1.807, 2.05) is 0 Å². The maximum atomic E-state index is 13.0. The van der Waals surface area contributed by atoms with E-state index in [1.54, 1.807) is 43.0 Å². The molecule has 30 heavy (non-hydrogen) atoms. The molecule has 1 aromatic rings. The fourth-order valence-corrected chi connectivity index (χ4v) is 5.93. The van der Waals surface area contributed by atoms with Crippen molar-refractivity contribution >= 4 is 33.3 Å². The monoisotopic (exact) mass is 457 g/mol. The number of nitrogens with zero attached hydrogens (tertiary/aromatic N) is 1. The van der Waals surface area contributed by atoms with Crippen LogP contribution in [0.2, 0.25) is 5.02 Å². The average molecular weight is 458 g/mol. The van der Waals surface area contributed by atoms with Gasteiger partial charge < -0.3 is 14.4 Å². The van der Waals surface area contributed by atoms with Gasteiger partial charge in [0.05, 0.1) is 11.5 Å². The molecule has 1 unspecified atom stereocenters. The van der Waals surface area contributed by atoms with E-state index in [4.69, 9.17) is 21.1 Å². The fraction of sp³-hybridized carbons (Fsp3) is 0.619. The van der Waals surface area contributed by atoms with Crippen LogP contribution in [0.5, 0.6) is 5.75 Å². The second kappa shape index (κ2) is 9.14. The Labute approximate surface area is 182 Å². The molecule has 1 aliphatic carbocycles. The Morgan fingerprint density at radius 3 is 2.30 bits per heavy atom. The Balaban J connectivity index is 1.62. The number of amides is 1. The van der Waals surface area contributed by atoms with E-state index in [0.717, 1.165) is 25.7 Å². The van der Waals surface area contributed by atoms with Crippen molar-refractivity contribution in [2.45, 2.75) is 63.6 Å². The SMILES string of the molecule is CC(C)(Oc1ccc(Cl)cc1)C(=O)OCC(=O)N(C1CCCC1)C1CCS(=O)(=O)C1. The summed E-state index contributed by atoms with van der Waals surface area (Å²) in [5.41, 5.74) is -1.30. The topological polar surface area (TPSA) is 90.0 Å². The van der Waals surface area contributed by atoms with E-state index in [2.05, 4.69) is 0 Å². The van der Waals surface area contributed by atoms with Gasteiger partial charge in [-0.3, -0.25) is 4.79 Å². The number of ether oxygens (including phenoxy) is 2. The molecule has 0 spiro atoms. The third-order valence-electron chi connectivity index (χ3n) is 5.61. The van der Waals surface area contributed by atoms with Crippen LogP contribution < -0.4 is 4.74 Å². The largest absolute Gasteiger partial charge is 0.476 e. The first-order valence-electron chi connectivity index (χ1n) is 10.2. The fourth-order valence-electron chi connectivity index (χ4n) is 4.10. The Hall–Kier alpha value is -1.80. The summed E-state index contributed by atoms with van der Waals surface area (Å²) in [6.45, 7) is 2.69. The van der Waals surface area contributed by atoms with Crippen LogP contribution in [0.1, 0.15) is 46.0 Å². The van der Waals surface area contributed by atoms with E-state index < -0.39 is 28.0 Å². The molecule has 7 nitrogen and oxygen atoms in total. The highest BCUT2D eigenvalue weighted by Gasteiger charge is 2.40. The minimum Gasteiger partial charge on any atom is -0.476 e. The molecule has 0 aromatic heterocycles. The molecule has 1 saturated carbocycles. The molecule has 166 valence electrons. The minimum absolute atomic E-state index is 0.00725. The Kier molecular flexibility index (Phi) is 6.97. The van der Waals surface area contributed by atoms with Gasteiger partial charge in [0.25, 0.3) is 5.91 Å². The van der Waals surface area contributed by atoms with Crippen molar-refractivity contribution in [3.63, 3.8) is 0 Å². The zero-order valence-corrected chi connectivity index (χ0v) is 18.9. The quantitative estimate of drug-likeness (QED) is 0.584. The Morgan fingerprint density at radius 1 is 1.10 bits per heavy atom. The smallest absolute Gasteiger partial charge is 0.350 e. The van der Waals surface area contributed by atoms with Crippen LogP contribution in [-0.4, -0.2) is 61.0 Å². The molecule has 3 rings (SSSR count). The van der Waals surface area contributed by atoms with Crippen LogP contribution in [0.4, 0.5) is 0 Å². The standard InChI is InChI=1S/C21H28ClNO6S/c1-21(2,29-18-9-7-15(22)8-10-18)20(25)28-13-19(24)23(16-5-3-4-6-16)17-11-12-30(26,27)14-17/h7-10,16-17H,3-6,11-14H2,1-2H3. The van der Waals surface area contributed by atoms with E-state index in [-0.39, 0.29) is 29.5 Å². The number of sulfone groups is 1. The summed E-state index contributed by atoms with van der Waals surface area (Å²) in [6, 6.07) is 6.25. The minimum atomic E-state index is -3.13. The first kappa shape index (κ1) is 22.9. The van der Waals surface area contributed by atoms with Crippen molar-refractivity contribution in [3.05, 3.63) is 29.3 Å². The summed E-state index contributed by atoms with van der Waals surface area (Å²) in [5, 5.41) is 0.550. The van der Waals surface area contributed by atoms with Crippen LogP contribution >= 0.6 is 11.6 Å². The highest BCUT2D eigenvalue weighted by atomic mass is 35.5. The van der Waals surface area contributed by atoms with Gasteiger partial charge in [0.1, 0.15) is 5.75 Å². The molecule has 0 bridgehead atoms. The number of carbonyl (C=O) groups excluding carboxylic acids is 2. The molecular formula is C21H28ClNO6S. The van der Waals surface area contributed by atoms with Crippen LogP contribution in [0.15, 0.2) is 24.3 Å². The Morgan fingerprint density at radius 2 is 1.73 bits per heavy atom. The summed E-state index contributed by atoms with van der Waals surface area (Å²) in [4.78, 5) is 27.2. The molecule has 2 aliphatic rings. The molecule has 1 aliphatic heterocycles. The van der Waals surface area contributed by atoms with Gasteiger partial charge >= 0.3 is 5.97 Å². The van der Waals surface area contributed by atoms with E-state index in [9.17, 15) is 18.0 Å². The van der Waals surface area contributed by atoms with Crippen LogP contribution in [0.25, 0.3) is 0 Å². The number of halogens is 1. The van der Waals surface area contributed by atoms with Crippen molar-refractivity contribution in [1.29, 1.82) is 0 Å². The van der Waals surface area contributed by atoms with Crippen LogP contribution in [-0.2, 0) is 24.2 Å². The molecule has 1 heterocycles. The third-order valence-corrected chi connectivity index (χ3v) is 7.62. The van der Waals surface area contributed by atoms with Crippen molar-refractivity contribution < 1.29 is 27.5 Å². The number of hydrogen-bond acceptors (Lipinski definition) is 6. The number of rotatable bonds is 7. The van der Waals surface area contributed by atoms with Crippen molar-refractivity contribution in [2.75, 3.05) is 18.1 Å². The maximum absolute atomic E-state index is 13.0. The summed E-state index contributed by atoms with van der Waals surface area (Å²) >= 11 is 5.86. The van der Waals surface area contributed by atoms with Gasteiger partial charge in [0.15, 0.2) is 22.0 Å². The predicted octanol–water partition coefficient (Wildman–Crippen LogP) is 3.00. The molecule has 1 atom stereocenters. The number of hydrogen-bond donors (Lipinski definition) is 0. The highest BCUT2D eigenvalue weighted by Crippen LogP contribution is 2.29. The average Bonchev–Trinajstić information content (AvgIpc) is 3.31. The zero-order chi connectivity index (χ0) is 21.9.